The monoisotopic (exact) mass is 186 g/mol. The number of aliphatic carboxylic acids is 1. The van der Waals surface area contributed by atoms with E-state index in [0.717, 1.165) is 12.8 Å². The van der Waals surface area contributed by atoms with Crippen LogP contribution in [0.25, 0.3) is 0 Å². The minimum atomic E-state index is -0.705. The molecule has 0 radical (unpaired) electrons. The molecule has 1 saturated heterocycles. The van der Waals surface area contributed by atoms with Crippen molar-refractivity contribution in [2.24, 2.45) is 5.92 Å². The zero-order valence-corrected chi connectivity index (χ0v) is 8.54. The van der Waals surface area contributed by atoms with Gasteiger partial charge >= 0.3 is 5.97 Å². The van der Waals surface area contributed by atoms with E-state index < -0.39 is 5.97 Å². The molecule has 0 aromatic carbocycles. The Kier molecular flexibility index (Phi) is 2.96. The molecule has 0 aromatic rings. The highest BCUT2D eigenvalue weighted by atomic mass is 16.6. The number of hydrogen-bond acceptors (Lipinski definition) is 2. The predicted octanol–water partition coefficient (Wildman–Crippen LogP) is 2.05. The van der Waals surface area contributed by atoms with Gasteiger partial charge in [-0.3, -0.25) is 4.79 Å². The van der Waals surface area contributed by atoms with Gasteiger partial charge in [-0.05, 0) is 32.6 Å². The van der Waals surface area contributed by atoms with Gasteiger partial charge < -0.3 is 9.84 Å². The average Bonchev–Trinajstić information content (AvgIpc) is 2.53. The van der Waals surface area contributed by atoms with Crippen molar-refractivity contribution in [2.45, 2.75) is 51.7 Å². The second-order valence-corrected chi connectivity index (χ2v) is 4.49. The second kappa shape index (κ2) is 3.66. The van der Waals surface area contributed by atoms with E-state index >= 15 is 0 Å². The van der Waals surface area contributed by atoms with Gasteiger partial charge in [0.2, 0.25) is 0 Å². The zero-order chi connectivity index (χ0) is 10.1. The molecular weight excluding hydrogens is 168 g/mol. The predicted molar refractivity (Wildman–Crippen MR) is 49.6 cm³/mol. The summed E-state index contributed by atoms with van der Waals surface area (Å²) in [6.45, 7) is 6.11. The van der Waals surface area contributed by atoms with Crippen molar-refractivity contribution in [3.63, 3.8) is 0 Å². The van der Waals surface area contributed by atoms with Gasteiger partial charge in [0.25, 0.3) is 0 Å². The number of hydrogen-bond donors (Lipinski definition) is 1. The van der Waals surface area contributed by atoms with E-state index in [0.29, 0.717) is 6.10 Å². The summed E-state index contributed by atoms with van der Waals surface area (Å²) in [7, 11) is 0. The maximum absolute atomic E-state index is 10.4. The van der Waals surface area contributed by atoms with Crippen LogP contribution in [0.1, 0.15) is 40.0 Å². The molecule has 76 valence electrons. The molecule has 1 heterocycles. The molecule has 1 rings (SSSR count). The van der Waals surface area contributed by atoms with Crippen molar-refractivity contribution in [3.8, 4) is 0 Å². The van der Waals surface area contributed by atoms with Crippen molar-refractivity contribution in [2.75, 3.05) is 0 Å². The topological polar surface area (TPSA) is 49.8 Å². The maximum Gasteiger partial charge on any atom is 0.303 e. The molecule has 3 nitrogen and oxygen atoms in total. The Morgan fingerprint density at radius 1 is 1.62 bits per heavy atom. The maximum atomic E-state index is 10.4. The highest BCUT2D eigenvalue weighted by Crippen LogP contribution is 2.39. The Bertz CT molecular complexity index is 198. The first kappa shape index (κ1) is 10.5. The van der Waals surface area contributed by atoms with Gasteiger partial charge in [-0.1, -0.05) is 6.92 Å². The highest BCUT2D eigenvalue weighted by Gasteiger charge is 2.46. The third kappa shape index (κ3) is 3.35. The minimum absolute atomic E-state index is 0.0446. The van der Waals surface area contributed by atoms with Crippen LogP contribution in [-0.2, 0) is 9.53 Å². The molecule has 1 N–H and O–H groups in total. The summed E-state index contributed by atoms with van der Waals surface area (Å²) in [6, 6.07) is 0. The van der Waals surface area contributed by atoms with Crippen LogP contribution in [-0.4, -0.2) is 22.8 Å². The van der Waals surface area contributed by atoms with Crippen molar-refractivity contribution < 1.29 is 14.6 Å². The van der Waals surface area contributed by atoms with Gasteiger partial charge in [0.1, 0.15) is 0 Å². The first-order valence-electron chi connectivity index (χ1n) is 4.81. The van der Waals surface area contributed by atoms with Gasteiger partial charge in [-0.25, -0.2) is 0 Å². The molecule has 2 atom stereocenters. The van der Waals surface area contributed by atoms with Crippen LogP contribution in [0, 0.1) is 5.92 Å². The van der Waals surface area contributed by atoms with Crippen molar-refractivity contribution >= 4 is 5.97 Å². The largest absolute Gasteiger partial charge is 0.481 e. The molecule has 2 unspecified atom stereocenters. The fourth-order valence-corrected chi connectivity index (χ4v) is 1.58. The molecule has 0 amide bonds. The molecule has 0 bridgehead atoms. The standard InChI is InChI=1S/C10H18O3/c1-7(6-9(11)12)4-5-8-10(2,3)13-8/h7-8H,4-6H2,1-3H3,(H,11,12). The Balaban J connectivity index is 2.10. The summed E-state index contributed by atoms with van der Waals surface area (Å²) < 4.78 is 5.41. The van der Waals surface area contributed by atoms with Crippen LogP contribution < -0.4 is 0 Å². The molecule has 13 heavy (non-hydrogen) atoms. The molecule has 0 spiro atoms. The summed E-state index contributed by atoms with van der Waals surface area (Å²) >= 11 is 0. The fourth-order valence-electron chi connectivity index (χ4n) is 1.58. The first-order chi connectivity index (χ1) is 5.92. The molecule has 0 aliphatic carbocycles. The van der Waals surface area contributed by atoms with E-state index in [2.05, 4.69) is 13.8 Å². The van der Waals surface area contributed by atoms with Crippen molar-refractivity contribution in [1.82, 2.24) is 0 Å². The number of carboxylic acid groups (broad SMARTS) is 1. The Morgan fingerprint density at radius 3 is 2.54 bits per heavy atom. The fraction of sp³-hybridized carbons (Fsp3) is 0.900. The number of ether oxygens (including phenoxy) is 1. The SMILES string of the molecule is CC(CCC1OC1(C)C)CC(=O)O. The summed E-state index contributed by atoms with van der Waals surface area (Å²) in [5.41, 5.74) is 0.0446. The lowest BCUT2D eigenvalue weighted by Crippen LogP contribution is -2.08. The quantitative estimate of drug-likeness (QED) is 0.668. The summed E-state index contributed by atoms with van der Waals surface area (Å²) in [5, 5.41) is 8.54. The molecule has 3 heteroatoms. The third-order valence-electron chi connectivity index (χ3n) is 2.61. The highest BCUT2D eigenvalue weighted by molar-refractivity contribution is 5.66. The van der Waals surface area contributed by atoms with Crippen LogP contribution in [0.5, 0.6) is 0 Å². The van der Waals surface area contributed by atoms with Gasteiger partial charge in [0, 0.05) is 6.42 Å². The minimum Gasteiger partial charge on any atom is -0.481 e. The van der Waals surface area contributed by atoms with Crippen molar-refractivity contribution in [1.29, 1.82) is 0 Å². The summed E-state index contributed by atoms with van der Waals surface area (Å²) in [5.74, 6) is -0.444. The lowest BCUT2D eigenvalue weighted by Gasteiger charge is -2.06. The van der Waals surface area contributed by atoms with E-state index in [4.69, 9.17) is 9.84 Å². The van der Waals surface area contributed by atoms with Crippen molar-refractivity contribution in [3.05, 3.63) is 0 Å². The smallest absolute Gasteiger partial charge is 0.303 e. The third-order valence-corrected chi connectivity index (χ3v) is 2.61. The normalized spacial score (nSPS) is 26.8. The molecule has 0 saturated carbocycles. The summed E-state index contributed by atoms with van der Waals surface area (Å²) in [6.07, 6.45) is 2.55. The van der Waals surface area contributed by atoms with Crippen LogP contribution in [0.4, 0.5) is 0 Å². The first-order valence-corrected chi connectivity index (χ1v) is 4.81. The van der Waals surface area contributed by atoms with E-state index in [1.165, 1.54) is 0 Å². The Labute approximate surface area is 79.1 Å². The van der Waals surface area contributed by atoms with Crippen LogP contribution in [0.15, 0.2) is 0 Å². The number of epoxide rings is 1. The van der Waals surface area contributed by atoms with E-state index in [9.17, 15) is 4.79 Å². The van der Waals surface area contributed by atoms with Crippen LogP contribution in [0.2, 0.25) is 0 Å². The number of carboxylic acids is 1. The Hall–Kier alpha value is -0.570. The van der Waals surface area contributed by atoms with Crippen LogP contribution in [0.3, 0.4) is 0 Å². The molecule has 0 aromatic heterocycles. The lowest BCUT2D eigenvalue weighted by molar-refractivity contribution is -0.138. The molecular formula is C10H18O3. The van der Waals surface area contributed by atoms with Gasteiger partial charge in [-0.2, -0.15) is 0 Å². The van der Waals surface area contributed by atoms with E-state index in [-0.39, 0.29) is 17.9 Å². The zero-order valence-electron chi connectivity index (χ0n) is 8.54. The average molecular weight is 186 g/mol. The molecule has 1 aliphatic heterocycles. The van der Waals surface area contributed by atoms with E-state index in [1.54, 1.807) is 0 Å². The molecule has 1 fully saturated rings. The number of rotatable bonds is 5. The van der Waals surface area contributed by atoms with Crippen LogP contribution >= 0.6 is 0 Å². The van der Waals surface area contributed by atoms with E-state index in [1.807, 2.05) is 6.92 Å². The van der Waals surface area contributed by atoms with Gasteiger partial charge in [-0.15, -0.1) is 0 Å². The van der Waals surface area contributed by atoms with Gasteiger partial charge in [0.15, 0.2) is 0 Å². The molecule has 1 aliphatic rings. The summed E-state index contributed by atoms with van der Waals surface area (Å²) in [4.78, 5) is 10.4. The lowest BCUT2D eigenvalue weighted by atomic mass is 9.97. The number of carbonyl (C=O) groups is 1. The Morgan fingerprint density at radius 2 is 2.15 bits per heavy atom. The van der Waals surface area contributed by atoms with Gasteiger partial charge in [0.05, 0.1) is 11.7 Å². The second-order valence-electron chi connectivity index (χ2n) is 4.49.